The van der Waals surface area contributed by atoms with Crippen molar-refractivity contribution in [1.82, 2.24) is 15.2 Å². The van der Waals surface area contributed by atoms with Crippen molar-refractivity contribution < 1.29 is 9.53 Å². The minimum absolute atomic E-state index is 0.172. The second kappa shape index (κ2) is 8.65. The molecule has 0 aliphatic carbocycles. The number of aromatic nitrogens is 3. The van der Waals surface area contributed by atoms with Gasteiger partial charge in [-0.05, 0) is 43.3 Å². The van der Waals surface area contributed by atoms with Crippen molar-refractivity contribution in [2.24, 2.45) is 0 Å². The zero-order valence-corrected chi connectivity index (χ0v) is 16.8. The smallest absolute Gasteiger partial charge is 0.237 e. The molecule has 1 atom stereocenters. The van der Waals surface area contributed by atoms with Crippen LogP contribution in [0.25, 0.3) is 11.4 Å². The van der Waals surface area contributed by atoms with Crippen LogP contribution >= 0.6 is 35.0 Å². The number of nitrogens with one attached hydrogen (secondary N) is 2. The van der Waals surface area contributed by atoms with Crippen LogP contribution < -0.4 is 10.1 Å². The highest BCUT2D eigenvalue weighted by Crippen LogP contribution is 2.31. The van der Waals surface area contributed by atoms with Gasteiger partial charge in [-0.3, -0.25) is 9.89 Å². The molecule has 3 rings (SSSR count). The van der Waals surface area contributed by atoms with E-state index in [9.17, 15) is 4.79 Å². The maximum absolute atomic E-state index is 12.4. The number of halogens is 2. The van der Waals surface area contributed by atoms with E-state index in [4.69, 9.17) is 27.9 Å². The van der Waals surface area contributed by atoms with E-state index >= 15 is 0 Å². The summed E-state index contributed by atoms with van der Waals surface area (Å²) in [5.41, 5.74) is 1.33. The Morgan fingerprint density at radius 1 is 1.22 bits per heavy atom. The van der Waals surface area contributed by atoms with Gasteiger partial charge in [0, 0.05) is 15.7 Å². The van der Waals surface area contributed by atoms with Crippen LogP contribution in [0.1, 0.15) is 6.92 Å². The molecule has 1 amide bonds. The first-order valence-corrected chi connectivity index (χ1v) is 9.59. The predicted octanol–water partition coefficient (Wildman–Crippen LogP) is 4.91. The number of H-pyrrole nitrogens is 1. The molecular weight excluding hydrogens is 407 g/mol. The Kier molecular flexibility index (Phi) is 6.26. The van der Waals surface area contributed by atoms with E-state index in [1.807, 2.05) is 0 Å². The first kappa shape index (κ1) is 19.5. The van der Waals surface area contributed by atoms with Crippen LogP contribution in [0.4, 0.5) is 5.69 Å². The Bertz CT molecular complexity index is 964. The number of rotatable bonds is 6. The van der Waals surface area contributed by atoms with Gasteiger partial charge in [-0.2, -0.15) is 0 Å². The molecule has 0 aliphatic rings. The van der Waals surface area contributed by atoms with Crippen molar-refractivity contribution >= 4 is 46.6 Å². The Morgan fingerprint density at radius 3 is 2.74 bits per heavy atom. The molecule has 3 aromatic rings. The fourth-order valence-corrected chi connectivity index (χ4v) is 3.39. The van der Waals surface area contributed by atoms with Gasteiger partial charge in [0.2, 0.25) is 11.1 Å². The van der Waals surface area contributed by atoms with Gasteiger partial charge in [-0.25, -0.2) is 4.98 Å². The summed E-state index contributed by atoms with van der Waals surface area (Å²) in [5.74, 6) is 0.965. The molecule has 1 unspecified atom stereocenters. The molecule has 9 heteroatoms. The van der Waals surface area contributed by atoms with Gasteiger partial charge in [0.25, 0.3) is 0 Å². The van der Waals surface area contributed by atoms with Gasteiger partial charge in [0.1, 0.15) is 5.75 Å². The third-order valence-corrected chi connectivity index (χ3v) is 5.06. The van der Waals surface area contributed by atoms with Crippen molar-refractivity contribution in [3.8, 4) is 17.1 Å². The third-order valence-electron chi connectivity index (χ3n) is 3.63. The molecule has 6 nitrogen and oxygen atoms in total. The maximum Gasteiger partial charge on any atom is 0.237 e. The van der Waals surface area contributed by atoms with Crippen LogP contribution in [0.2, 0.25) is 10.0 Å². The maximum atomic E-state index is 12.4. The summed E-state index contributed by atoms with van der Waals surface area (Å²) in [5, 5.41) is 11.0. The van der Waals surface area contributed by atoms with E-state index in [1.165, 1.54) is 11.8 Å². The van der Waals surface area contributed by atoms with E-state index in [2.05, 4.69) is 20.5 Å². The summed E-state index contributed by atoms with van der Waals surface area (Å²) in [4.78, 5) is 16.8. The molecular formula is C18H16Cl2N4O2S. The van der Waals surface area contributed by atoms with Gasteiger partial charge in [-0.15, -0.1) is 5.10 Å². The minimum Gasteiger partial charge on any atom is -0.496 e. The standard InChI is InChI=1S/C18H16Cl2N4O2S/c1-10(17(25)21-13-5-3-4-11(19)8-13)27-18-22-16(23-24-18)14-9-12(20)6-7-15(14)26-2/h3-10H,1-2H3,(H,21,25)(H,22,23,24). The average Bonchev–Trinajstić information content (AvgIpc) is 3.10. The molecule has 0 bridgehead atoms. The third kappa shape index (κ3) is 4.94. The predicted molar refractivity (Wildman–Crippen MR) is 109 cm³/mol. The van der Waals surface area contributed by atoms with E-state index in [1.54, 1.807) is 56.5 Å². The number of hydrogen-bond donors (Lipinski definition) is 2. The lowest BCUT2D eigenvalue weighted by Crippen LogP contribution is -2.22. The van der Waals surface area contributed by atoms with Crippen molar-refractivity contribution in [3.05, 3.63) is 52.5 Å². The molecule has 0 spiro atoms. The number of carbonyl (C=O) groups excluding carboxylic acids is 1. The molecule has 27 heavy (non-hydrogen) atoms. The van der Waals surface area contributed by atoms with Gasteiger partial charge in [0.05, 0.1) is 17.9 Å². The Morgan fingerprint density at radius 2 is 2.00 bits per heavy atom. The number of methoxy groups -OCH3 is 1. The van der Waals surface area contributed by atoms with Crippen LogP contribution in [-0.4, -0.2) is 33.4 Å². The van der Waals surface area contributed by atoms with Crippen molar-refractivity contribution in [3.63, 3.8) is 0 Å². The monoisotopic (exact) mass is 422 g/mol. The van der Waals surface area contributed by atoms with E-state index in [-0.39, 0.29) is 5.91 Å². The zero-order valence-electron chi connectivity index (χ0n) is 14.5. The first-order valence-electron chi connectivity index (χ1n) is 7.95. The Hall–Kier alpha value is -2.22. The van der Waals surface area contributed by atoms with Crippen LogP contribution in [0.15, 0.2) is 47.6 Å². The quantitative estimate of drug-likeness (QED) is 0.551. The summed E-state index contributed by atoms with van der Waals surface area (Å²) in [7, 11) is 1.57. The van der Waals surface area contributed by atoms with E-state index in [0.29, 0.717) is 38.0 Å². The molecule has 1 aromatic heterocycles. The number of carbonyl (C=O) groups is 1. The van der Waals surface area contributed by atoms with Gasteiger partial charge >= 0.3 is 0 Å². The highest BCUT2D eigenvalue weighted by Gasteiger charge is 2.19. The highest BCUT2D eigenvalue weighted by atomic mass is 35.5. The van der Waals surface area contributed by atoms with Crippen molar-refractivity contribution in [2.45, 2.75) is 17.3 Å². The Balaban J connectivity index is 1.70. The lowest BCUT2D eigenvalue weighted by Gasteiger charge is -2.10. The minimum atomic E-state index is -0.408. The number of benzene rings is 2. The number of amides is 1. The molecule has 2 N–H and O–H groups in total. The number of hydrogen-bond acceptors (Lipinski definition) is 5. The van der Waals surface area contributed by atoms with Gasteiger partial charge in [-0.1, -0.05) is 41.0 Å². The highest BCUT2D eigenvalue weighted by molar-refractivity contribution is 8.00. The second-order valence-corrected chi connectivity index (χ2v) is 7.75. The van der Waals surface area contributed by atoms with Crippen molar-refractivity contribution in [1.29, 1.82) is 0 Å². The van der Waals surface area contributed by atoms with Crippen LogP contribution in [0.5, 0.6) is 5.75 Å². The van der Waals surface area contributed by atoms with Crippen LogP contribution in [-0.2, 0) is 4.79 Å². The summed E-state index contributed by atoms with van der Waals surface area (Å²) < 4.78 is 5.33. The number of anilines is 1. The number of ether oxygens (including phenoxy) is 1. The second-order valence-electron chi connectivity index (χ2n) is 5.57. The first-order chi connectivity index (χ1) is 13.0. The zero-order chi connectivity index (χ0) is 19.4. The lowest BCUT2D eigenvalue weighted by molar-refractivity contribution is -0.115. The van der Waals surface area contributed by atoms with Crippen LogP contribution in [0.3, 0.4) is 0 Å². The molecule has 0 saturated heterocycles. The fourth-order valence-electron chi connectivity index (χ4n) is 2.31. The molecule has 0 radical (unpaired) electrons. The summed E-state index contributed by atoms with van der Waals surface area (Å²) in [6, 6.07) is 12.2. The normalized spacial score (nSPS) is 11.9. The topological polar surface area (TPSA) is 79.9 Å². The van der Waals surface area contributed by atoms with Crippen LogP contribution in [0, 0.1) is 0 Å². The van der Waals surface area contributed by atoms with Gasteiger partial charge in [0.15, 0.2) is 5.82 Å². The molecule has 0 aliphatic heterocycles. The summed E-state index contributed by atoms with van der Waals surface area (Å²) in [6.45, 7) is 1.78. The van der Waals surface area contributed by atoms with E-state index < -0.39 is 5.25 Å². The molecule has 0 fully saturated rings. The summed E-state index contributed by atoms with van der Waals surface area (Å²) in [6.07, 6.45) is 0. The van der Waals surface area contributed by atoms with Crippen molar-refractivity contribution in [2.75, 3.05) is 12.4 Å². The fraction of sp³-hybridized carbons (Fsp3) is 0.167. The number of aromatic amines is 1. The number of nitrogens with zero attached hydrogens (tertiary/aromatic N) is 2. The molecule has 0 saturated carbocycles. The Labute approximate surface area is 170 Å². The summed E-state index contributed by atoms with van der Waals surface area (Å²) >= 11 is 13.2. The molecule has 140 valence electrons. The SMILES string of the molecule is COc1ccc(Cl)cc1-c1nc(SC(C)C(=O)Nc2cccc(Cl)c2)n[nH]1. The molecule has 2 aromatic carbocycles. The van der Waals surface area contributed by atoms with E-state index in [0.717, 1.165) is 0 Å². The number of thioether (sulfide) groups is 1. The molecule has 1 heterocycles. The average molecular weight is 423 g/mol. The lowest BCUT2D eigenvalue weighted by atomic mass is 10.2. The van der Waals surface area contributed by atoms with Gasteiger partial charge < -0.3 is 10.1 Å². The largest absolute Gasteiger partial charge is 0.496 e.